The number of likely N-dealkylation sites (N-methyl/N-ethyl adjacent to an activating group) is 1. The first kappa shape index (κ1) is 14.0. The third-order valence-corrected chi connectivity index (χ3v) is 4.42. The summed E-state index contributed by atoms with van der Waals surface area (Å²) in [7, 11) is 4.48. The van der Waals surface area contributed by atoms with E-state index in [9.17, 15) is 0 Å². The van der Waals surface area contributed by atoms with Crippen molar-refractivity contribution in [3.8, 4) is 0 Å². The molecular formula is C14H30N2. The lowest BCUT2D eigenvalue weighted by atomic mass is 9.94. The molecular weight excluding hydrogens is 196 g/mol. The van der Waals surface area contributed by atoms with Crippen LogP contribution >= 0.6 is 0 Å². The zero-order valence-electron chi connectivity index (χ0n) is 11.8. The topological polar surface area (TPSA) is 15.3 Å². The molecule has 1 aliphatic carbocycles. The van der Waals surface area contributed by atoms with Crippen LogP contribution in [0.5, 0.6) is 0 Å². The fourth-order valence-electron chi connectivity index (χ4n) is 2.99. The van der Waals surface area contributed by atoms with Crippen LogP contribution < -0.4 is 5.32 Å². The molecule has 1 N–H and O–H groups in total. The van der Waals surface area contributed by atoms with Gasteiger partial charge in [0, 0.05) is 18.1 Å². The fraction of sp³-hybridized carbons (Fsp3) is 1.00. The first-order chi connectivity index (χ1) is 7.52. The van der Waals surface area contributed by atoms with E-state index in [1.54, 1.807) is 0 Å². The van der Waals surface area contributed by atoms with E-state index in [0.717, 1.165) is 12.5 Å². The minimum absolute atomic E-state index is 0.433. The average Bonchev–Trinajstić information content (AvgIpc) is 2.68. The van der Waals surface area contributed by atoms with Crippen LogP contribution in [0, 0.1) is 5.92 Å². The van der Waals surface area contributed by atoms with Crippen LogP contribution in [-0.2, 0) is 0 Å². The summed E-state index contributed by atoms with van der Waals surface area (Å²) in [4.78, 5) is 2.44. The Morgan fingerprint density at radius 1 is 1.19 bits per heavy atom. The van der Waals surface area contributed by atoms with E-state index in [-0.39, 0.29) is 0 Å². The first-order valence-electron chi connectivity index (χ1n) is 6.92. The van der Waals surface area contributed by atoms with Crippen molar-refractivity contribution < 1.29 is 0 Å². The highest BCUT2D eigenvalue weighted by molar-refractivity contribution is 4.95. The van der Waals surface area contributed by atoms with E-state index >= 15 is 0 Å². The van der Waals surface area contributed by atoms with Crippen molar-refractivity contribution in [1.29, 1.82) is 0 Å². The molecule has 2 nitrogen and oxygen atoms in total. The van der Waals surface area contributed by atoms with Crippen molar-refractivity contribution in [3.63, 3.8) is 0 Å². The van der Waals surface area contributed by atoms with Crippen LogP contribution in [0.4, 0.5) is 0 Å². The summed E-state index contributed by atoms with van der Waals surface area (Å²) in [6.07, 6.45) is 6.76. The summed E-state index contributed by atoms with van der Waals surface area (Å²) in [5.74, 6) is 0.741. The van der Waals surface area contributed by atoms with Crippen molar-refractivity contribution in [2.24, 2.45) is 5.92 Å². The minimum Gasteiger partial charge on any atom is -0.312 e. The predicted octanol–water partition coefficient (Wildman–Crippen LogP) is 2.89. The van der Waals surface area contributed by atoms with Gasteiger partial charge in [-0.25, -0.2) is 0 Å². The second-order valence-electron chi connectivity index (χ2n) is 5.97. The van der Waals surface area contributed by atoms with Crippen LogP contribution in [0.1, 0.15) is 52.9 Å². The van der Waals surface area contributed by atoms with Crippen LogP contribution in [0.3, 0.4) is 0 Å². The Balaban J connectivity index is 2.50. The van der Waals surface area contributed by atoms with Gasteiger partial charge in [-0.15, -0.1) is 0 Å². The summed E-state index contributed by atoms with van der Waals surface area (Å²) in [6, 6.07) is 0.678. The molecule has 96 valence electrons. The van der Waals surface area contributed by atoms with Gasteiger partial charge in [0.1, 0.15) is 0 Å². The average molecular weight is 226 g/mol. The molecule has 0 bridgehead atoms. The van der Waals surface area contributed by atoms with Crippen LogP contribution in [0.25, 0.3) is 0 Å². The zero-order valence-corrected chi connectivity index (χ0v) is 11.8. The fourth-order valence-corrected chi connectivity index (χ4v) is 2.99. The monoisotopic (exact) mass is 226 g/mol. The lowest BCUT2D eigenvalue weighted by Crippen LogP contribution is -2.52. The van der Waals surface area contributed by atoms with Crippen molar-refractivity contribution in [3.05, 3.63) is 0 Å². The summed E-state index contributed by atoms with van der Waals surface area (Å²) in [5.41, 5.74) is 0.433. The van der Waals surface area contributed by atoms with E-state index in [2.05, 4.69) is 45.1 Å². The van der Waals surface area contributed by atoms with Gasteiger partial charge in [0.25, 0.3) is 0 Å². The van der Waals surface area contributed by atoms with E-state index in [4.69, 9.17) is 0 Å². The maximum absolute atomic E-state index is 3.79. The van der Waals surface area contributed by atoms with Gasteiger partial charge in [0.15, 0.2) is 0 Å². The normalized spacial score (nSPS) is 21.9. The maximum Gasteiger partial charge on any atom is 0.0327 e. The number of rotatable bonds is 6. The van der Waals surface area contributed by atoms with Crippen LogP contribution in [0.2, 0.25) is 0 Å². The van der Waals surface area contributed by atoms with Gasteiger partial charge in [-0.3, -0.25) is 0 Å². The molecule has 1 fully saturated rings. The quantitative estimate of drug-likeness (QED) is 0.749. The zero-order chi connectivity index (χ0) is 12.2. The highest BCUT2D eigenvalue weighted by Crippen LogP contribution is 2.33. The Hall–Kier alpha value is -0.0800. The Bertz CT molecular complexity index is 193. The second-order valence-corrected chi connectivity index (χ2v) is 5.97. The highest BCUT2D eigenvalue weighted by Gasteiger charge is 2.36. The third kappa shape index (κ3) is 3.21. The van der Waals surface area contributed by atoms with Crippen molar-refractivity contribution in [2.45, 2.75) is 64.5 Å². The number of hydrogen-bond donors (Lipinski definition) is 1. The second kappa shape index (κ2) is 6.02. The van der Waals surface area contributed by atoms with E-state index in [0.29, 0.717) is 11.6 Å². The summed E-state index contributed by atoms with van der Waals surface area (Å²) >= 11 is 0. The molecule has 0 aromatic carbocycles. The molecule has 0 spiro atoms. The SMILES string of the molecule is CCC(NCC1(N(C)C)CCCC1)C(C)C. The van der Waals surface area contributed by atoms with Gasteiger partial charge in [0.05, 0.1) is 0 Å². The number of nitrogens with zero attached hydrogens (tertiary/aromatic N) is 1. The molecule has 1 saturated carbocycles. The van der Waals surface area contributed by atoms with Gasteiger partial charge < -0.3 is 10.2 Å². The largest absolute Gasteiger partial charge is 0.312 e. The Labute approximate surface area is 102 Å². The standard InChI is InChI=1S/C14H30N2/c1-6-13(12(2)3)15-11-14(16(4)5)9-7-8-10-14/h12-13,15H,6-11H2,1-5H3. The smallest absolute Gasteiger partial charge is 0.0327 e. The van der Waals surface area contributed by atoms with Crippen molar-refractivity contribution in [2.75, 3.05) is 20.6 Å². The first-order valence-corrected chi connectivity index (χ1v) is 6.92. The molecule has 1 atom stereocenters. The summed E-state index contributed by atoms with van der Waals surface area (Å²) in [5, 5.41) is 3.79. The third-order valence-electron chi connectivity index (χ3n) is 4.42. The van der Waals surface area contributed by atoms with Gasteiger partial charge in [-0.05, 0) is 39.3 Å². The van der Waals surface area contributed by atoms with Gasteiger partial charge in [0.2, 0.25) is 0 Å². The number of hydrogen-bond acceptors (Lipinski definition) is 2. The molecule has 16 heavy (non-hydrogen) atoms. The van der Waals surface area contributed by atoms with Gasteiger partial charge >= 0.3 is 0 Å². The summed E-state index contributed by atoms with van der Waals surface area (Å²) < 4.78 is 0. The molecule has 0 aromatic heterocycles. The van der Waals surface area contributed by atoms with Gasteiger partial charge in [-0.2, -0.15) is 0 Å². The molecule has 0 aromatic rings. The molecule has 1 rings (SSSR count). The van der Waals surface area contributed by atoms with Crippen molar-refractivity contribution in [1.82, 2.24) is 10.2 Å². The molecule has 0 saturated heterocycles. The minimum atomic E-state index is 0.433. The molecule has 1 unspecified atom stereocenters. The lowest BCUT2D eigenvalue weighted by Gasteiger charge is -2.38. The molecule has 2 heteroatoms. The maximum atomic E-state index is 3.79. The van der Waals surface area contributed by atoms with Crippen LogP contribution in [-0.4, -0.2) is 37.1 Å². The van der Waals surface area contributed by atoms with E-state index in [1.165, 1.54) is 32.1 Å². The van der Waals surface area contributed by atoms with E-state index in [1.807, 2.05) is 0 Å². The Kier molecular flexibility index (Phi) is 5.26. The van der Waals surface area contributed by atoms with E-state index < -0.39 is 0 Å². The molecule has 0 aliphatic heterocycles. The summed E-state index contributed by atoms with van der Waals surface area (Å²) in [6.45, 7) is 8.08. The van der Waals surface area contributed by atoms with Gasteiger partial charge in [-0.1, -0.05) is 33.6 Å². The highest BCUT2D eigenvalue weighted by atomic mass is 15.2. The van der Waals surface area contributed by atoms with Crippen molar-refractivity contribution >= 4 is 0 Å². The Morgan fingerprint density at radius 3 is 2.12 bits per heavy atom. The lowest BCUT2D eigenvalue weighted by molar-refractivity contribution is 0.144. The Morgan fingerprint density at radius 2 is 1.75 bits per heavy atom. The molecule has 0 amide bonds. The number of nitrogens with one attached hydrogen (secondary N) is 1. The molecule has 0 radical (unpaired) electrons. The predicted molar refractivity (Wildman–Crippen MR) is 71.8 cm³/mol. The van der Waals surface area contributed by atoms with Crippen LogP contribution in [0.15, 0.2) is 0 Å². The molecule has 0 heterocycles. The molecule has 1 aliphatic rings.